The largest absolute Gasteiger partial charge is 0.324 e. The number of amides is 1. The zero-order valence-corrected chi connectivity index (χ0v) is 16.0. The zero-order valence-electron chi connectivity index (χ0n) is 16.0. The Morgan fingerprint density at radius 3 is 2.36 bits per heavy atom. The van der Waals surface area contributed by atoms with Crippen LogP contribution in [0.3, 0.4) is 0 Å². The summed E-state index contributed by atoms with van der Waals surface area (Å²) in [5, 5.41) is 16.1. The van der Waals surface area contributed by atoms with E-state index in [1.165, 1.54) is 0 Å². The molecule has 0 unspecified atom stereocenters. The van der Waals surface area contributed by atoms with E-state index in [1.54, 1.807) is 26.4 Å². The summed E-state index contributed by atoms with van der Waals surface area (Å²) in [7, 11) is 3.72. The number of nitrogens with one attached hydrogen (secondary N) is 1. The minimum Gasteiger partial charge on any atom is -0.324 e. The summed E-state index contributed by atoms with van der Waals surface area (Å²) in [4.78, 5) is 12.7. The van der Waals surface area contributed by atoms with Crippen LogP contribution in [0.25, 0.3) is 22.5 Å². The van der Waals surface area contributed by atoms with Gasteiger partial charge in [-0.3, -0.25) is 18.8 Å². The summed E-state index contributed by atoms with van der Waals surface area (Å²) in [5.41, 5.74) is 5.19. The van der Waals surface area contributed by atoms with E-state index < -0.39 is 0 Å². The molecule has 0 fully saturated rings. The molecule has 0 saturated carbocycles. The molecule has 0 spiro atoms. The van der Waals surface area contributed by atoms with Gasteiger partial charge in [0.25, 0.3) is 0 Å². The van der Waals surface area contributed by atoms with Crippen molar-refractivity contribution in [2.75, 3.05) is 5.32 Å². The SMILES string of the molecule is Cc1ccccc1NC(=O)Cn1nc(-c2cnn(C)c2)cc1-c1cnn(C)c1. The fourth-order valence-electron chi connectivity index (χ4n) is 3.06. The lowest BCUT2D eigenvalue weighted by Crippen LogP contribution is -2.20. The first-order valence-electron chi connectivity index (χ1n) is 8.91. The minimum atomic E-state index is -0.139. The van der Waals surface area contributed by atoms with Crippen LogP contribution in [0.1, 0.15) is 5.56 Å². The summed E-state index contributed by atoms with van der Waals surface area (Å²) < 4.78 is 5.15. The van der Waals surface area contributed by atoms with Gasteiger partial charge in [0, 0.05) is 43.3 Å². The molecule has 28 heavy (non-hydrogen) atoms. The summed E-state index contributed by atoms with van der Waals surface area (Å²) in [6, 6.07) is 9.65. The molecule has 0 aliphatic rings. The van der Waals surface area contributed by atoms with E-state index in [0.717, 1.165) is 33.8 Å². The second kappa shape index (κ2) is 7.15. The van der Waals surface area contributed by atoms with Gasteiger partial charge in [-0.15, -0.1) is 0 Å². The standard InChI is InChI=1S/C20H21N7O/c1-14-6-4-5-7-17(14)23-20(28)13-27-19(16-10-22-26(3)12-16)8-18(24-27)15-9-21-25(2)11-15/h4-12H,13H2,1-3H3,(H,23,28). The summed E-state index contributed by atoms with van der Waals surface area (Å²) in [6.07, 6.45) is 7.32. The first-order valence-corrected chi connectivity index (χ1v) is 8.91. The normalized spacial score (nSPS) is 11.0. The third-order valence-corrected chi connectivity index (χ3v) is 4.49. The first kappa shape index (κ1) is 17.7. The second-order valence-electron chi connectivity index (χ2n) is 6.74. The topological polar surface area (TPSA) is 82.6 Å². The molecule has 0 atom stereocenters. The highest BCUT2D eigenvalue weighted by Crippen LogP contribution is 2.26. The molecule has 4 aromatic rings. The number of rotatable bonds is 5. The Kier molecular flexibility index (Phi) is 4.52. The maximum absolute atomic E-state index is 12.7. The van der Waals surface area contributed by atoms with Gasteiger partial charge >= 0.3 is 0 Å². The van der Waals surface area contributed by atoms with Crippen molar-refractivity contribution < 1.29 is 4.79 Å². The summed E-state index contributed by atoms with van der Waals surface area (Å²) in [6.45, 7) is 2.06. The molecule has 0 aliphatic heterocycles. The van der Waals surface area contributed by atoms with Crippen LogP contribution in [0.15, 0.2) is 55.1 Å². The maximum Gasteiger partial charge on any atom is 0.246 e. The van der Waals surface area contributed by atoms with Gasteiger partial charge in [-0.2, -0.15) is 15.3 Å². The van der Waals surface area contributed by atoms with Crippen molar-refractivity contribution in [3.8, 4) is 22.5 Å². The Morgan fingerprint density at radius 1 is 1.04 bits per heavy atom. The number of aryl methyl sites for hydroxylation is 3. The van der Waals surface area contributed by atoms with Gasteiger partial charge in [0.15, 0.2) is 0 Å². The lowest BCUT2D eigenvalue weighted by atomic mass is 10.2. The van der Waals surface area contributed by atoms with Gasteiger partial charge in [0.05, 0.1) is 23.8 Å². The van der Waals surface area contributed by atoms with Crippen molar-refractivity contribution in [2.45, 2.75) is 13.5 Å². The molecule has 1 aromatic carbocycles. The molecule has 1 amide bonds. The van der Waals surface area contributed by atoms with Gasteiger partial charge in [-0.1, -0.05) is 18.2 Å². The van der Waals surface area contributed by atoms with E-state index in [0.29, 0.717) is 0 Å². The van der Waals surface area contributed by atoms with Crippen molar-refractivity contribution >= 4 is 11.6 Å². The number of benzene rings is 1. The maximum atomic E-state index is 12.7. The van der Waals surface area contributed by atoms with E-state index in [9.17, 15) is 4.79 Å². The highest BCUT2D eigenvalue weighted by molar-refractivity contribution is 5.91. The van der Waals surface area contributed by atoms with Crippen molar-refractivity contribution in [1.29, 1.82) is 0 Å². The van der Waals surface area contributed by atoms with Gasteiger partial charge in [-0.05, 0) is 24.6 Å². The van der Waals surface area contributed by atoms with Crippen molar-refractivity contribution in [1.82, 2.24) is 29.3 Å². The van der Waals surface area contributed by atoms with Gasteiger partial charge in [0.1, 0.15) is 6.54 Å². The van der Waals surface area contributed by atoms with Crippen LogP contribution in [-0.4, -0.2) is 35.2 Å². The van der Waals surface area contributed by atoms with Crippen LogP contribution in [0.2, 0.25) is 0 Å². The molecular weight excluding hydrogens is 354 g/mol. The molecule has 8 heteroatoms. The van der Waals surface area contributed by atoms with Crippen molar-refractivity contribution in [2.24, 2.45) is 14.1 Å². The van der Waals surface area contributed by atoms with Crippen LogP contribution in [-0.2, 0) is 25.4 Å². The number of hydrogen-bond acceptors (Lipinski definition) is 4. The lowest BCUT2D eigenvalue weighted by molar-refractivity contribution is -0.116. The highest BCUT2D eigenvalue weighted by Gasteiger charge is 2.16. The quantitative estimate of drug-likeness (QED) is 0.581. The van der Waals surface area contributed by atoms with Crippen molar-refractivity contribution in [3.63, 3.8) is 0 Å². The lowest BCUT2D eigenvalue weighted by Gasteiger charge is -2.09. The predicted octanol–water partition coefficient (Wildman–Crippen LogP) is 2.63. The van der Waals surface area contributed by atoms with Crippen LogP contribution >= 0.6 is 0 Å². The average molecular weight is 375 g/mol. The Balaban J connectivity index is 1.65. The highest BCUT2D eigenvalue weighted by atomic mass is 16.2. The molecule has 8 nitrogen and oxygen atoms in total. The summed E-state index contributed by atoms with van der Waals surface area (Å²) >= 11 is 0. The van der Waals surface area contributed by atoms with Crippen molar-refractivity contribution in [3.05, 3.63) is 60.7 Å². The number of carbonyl (C=O) groups excluding carboxylic acids is 1. The van der Waals surface area contributed by atoms with Crippen LogP contribution in [0.4, 0.5) is 5.69 Å². The van der Waals surface area contributed by atoms with Crippen LogP contribution in [0.5, 0.6) is 0 Å². The molecule has 1 N–H and O–H groups in total. The summed E-state index contributed by atoms with van der Waals surface area (Å²) in [5.74, 6) is -0.139. The third kappa shape index (κ3) is 3.57. The zero-order chi connectivity index (χ0) is 19.7. The molecule has 0 saturated heterocycles. The van der Waals surface area contributed by atoms with E-state index in [2.05, 4.69) is 20.6 Å². The van der Waals surface area contributed by atoms with Gasteiger partial charge in [0.2, 0.25) is 5.91 Å². The Labute approximate surface area is 162 Å². The second-order valence-corrected chi connectivity index (χ2v) is 6.74. The number of hydrogen-bond donors (Lipinski definition) is 1. The van der Waals surface area contributed by atoms with E-state index >= 15 is 0 Å². The number of anilines is 1. The molecule has 142 valence electrons. The van der Waals surface area contributed by atoms with Crippen LogP contribution < -0.4 is 5.32 Å². The molecule has 0 radical (unpaired) electrons. The van der Waals surface area contributed by atoms with E-state index in [4.69, 9.17) is 0 Å². The van der Waals surface area contributed by atoms with Crippen LogP contribution in [0, 0.1) is 6.92 Å². The van der Waals surface area contributed by atoms with E-state index in [-0.39, 0.29) is 12.5 Å². The Bertz CT molecular complexity index is 1140. The third-order valence-electron chi connectivity index (χ3n) is 4.49. The predicted molar refractivity (Wildman–Crippen MR) is 106 cm³/mol. The smallest absolute Gasteiger partial charge is 0.246 e. The number of carbonyl (C=O) groups is 1. The molecule has 0 bridgehead atoms. The fraction of sp³-hybridized carbons (Fsp3) is 0.200. The molecule has 0 aliphatic carbocycles. The first-order chi connectivity index (χ1) is 13.5. The molecular formula is C20H21N7O. The minimum absolute atomic E-state index is 0.0961. The number of nitrogens with zero attached hydrogens (tertiary/aromatic N) is 6. The average Bonchev–Trinajstić information content (AvgIpc) is 3.37. The molecule has 3 aromatic heterocycles. The fourth-order valence-corrected chi connectivity index (χ4v) is 3.06. The monoisotopic (exact) mass is 375 g/mol. The van der Waals surface area contributed by atoms with Gasteiger partial charge < -0.3 is 5.32 Å². The van der Waals surface area contributed by atoms with Gasteiger partial charge in [-0.25, -0.2) is 0 Å². The Hall–Kier alpha value is -3.68. The number of aromatic nitrogens is 6. The molecule has 4 rings (SSSR count). The molecule has 3 heterocycles. The number of para-hydroxylation sites is 1. The van der Waals surface area contributed by atoms with E-state index in [1.807, 2.05) is 63.7 Å². The Morgan fingerprint density at radius 2 is 1.71 bits per heavy atom.